The first kappa shape index (κ1) is 22.0. The van der Waals surface area contributed by atoms with E-state index in [1.54, 1.807) is 56.5 Å². The maximum Gasteiger partial charge on any atom is 0.283 e. The molecular formula is C27H24N2O4. The number of aryl methyl sites for hydroxylation is 1. The lowest BCUT2D eigenvalue weighted by molar-refractivity contribution is -0.123. The normalized spacial score (nSPS) is 14.4. The summed E-state index contributed by atoms with van der Waals surface area (Å²) >= 11 is 0. The molecule has 1 aliphatic heterocycles. The first-order valence-electron chi connectivity index (χ1n) is 10.5. The van der Waals surface area contributed by atoms with Crippen LogP contribution in [0.2, 0.25) is 0 Å². The van der Waals surface area contributed by atoms with Crippen molar-refractivity contribution in [2.75, 3.05) is 7.11 Å². The molecule has 1 heterocycles. The van der Waals surface area contributed by atoms with Crippen molar-refractivity contribution in [2.45, 2.75) is 20.5 Å². The number of imide groups is 1. The van der Waals surface area contributed by atoms with Gasteiger partial charge in [0.2, 0.25) is 0 Å². The lowest BCUT2D eigenvalue weighted by Gasteiger charge is -2.12. The van der Waals surface area contributed by atoms with Crippen LogP contribution in [-0.2, 0) is 11.4 Å². The number of ether oxygens (including phenoxy) is 2. The summed E-state index contributed by atoms with van der Waals surface area (Å²) in [5, 5.41) is 5.09. The molecule has 0 atom stereocenters. The fourth-order valence-corrected chi connectivity index (χ4v) is 3.43. The van der Waals surface area contributed by atoms with Crippen LogP contribution in [0.5, 0.6) is 11.5 Å². The number of hydrogen-bond acceptors (Lipinski definition) is 5. The monoisotopic (exact) mass is 440 g/mol. The highest BCUT2D eigenvalue weighted by Crippen LogP contribution is 2.30. The number of methoxy groups -OCH3 is 1. The van der Waals surface area contributed by atoms with Crippen LogP contribution in [0, 0.1) is 6.92 Å². The van der Waals surface area contributed by atoms with Gasteiger partial charge in [-0.3, -0.25) is 9.59 Å². The van der Waals surface area contributed by atoms with E-state index in [1.807, 2.05) is 43.3 Å². The van der Waals surface area contributed by atoms with Gasteiger partial charge in [-0.1, -0.05) is 54.1 Å². The summed E-state index contributed by atoms with van der Waals surface area (Å²) in [6.07, 6.45) is 1.70. The molecule has 3 aromatic carbocycles. The van der Waals surface area contributed by atoms with Gasteiger partial charge in [0.25, 0.3) is 11.8 Å². The molecule has 0 spiro atoms. The van der Waals surface area contributed by atoms with Crippen LogP contribution in [0.1, 0.15) is 34.0 Å². The molecule has 6 heteroatoms. The second kappa shape index (κ2) is 9.53. The summed E-state index contributed by atoms with van der Waals surface area (Å²) in [6.45, 7) is 4.16. The predicted molar refractivity (Wildman–Crippen MR) is 127 cm³/mol. The molecule has 0 N–H and O–H groups in total. The van der Waals surface area contributed by atoms with Gasteiger partial charge in [0.15, 0.2) is 11.5 Å². The van der Waals surface area contributed by atoms with Gasteiger partial charge >= 0.3 is 0 Å². The highest BCUT2D eigenvalue weighted by atomic mass is 16.5. The second-order valence-electron chi connectivity index (χ2n) is 7.72. The van der Waals surface area contributed by atoms with Gasteiger partial charge in [-0.05, 0) is 55.3 Å². The van der Waals surface area contributed by atoms with Gasteiger partial charge in [-0.25, -0.2) is 0 Å². The standard InChI is InChI=1S/C27H24N2O4/c1-18-9-11-20(12-10-18)17-33-24-14-13-21(16-25(24)32-3)15-23-19(2)28-29(27(23)31)26(30)22-7-5-4-6-8-22/h4-16H,17H2,1-3H3/b23-15+. The molecule has 0 saturated heterocycles. The van der Waals surface area contributed by atoms with Gasteiger partial charge in [-0.15, -0.1) is 0 Å². The highest BCUT2D eigenvalue weighted by molar-refractivity contribution is 6.30. The topological polar surface area (TPSA) is 68.2 Å². The molecule has 33 heavy (non-hydrogen) atoms. The first-order valence-corrected chi connectivity index (χ1v) is 10.5. The molecule has 4 rings (SSSR count). The number of nitrogens with zero attached hydrogens (tertiary/aromatic N) is 2. The van der Waals surface area contributed by atoms with Gasteiger partial charge in [0.05, 0.1) is 18.4 Å². The van der Waals surface area contributed by atoms with Crippen molar-refractivity contribution in [1.29, 1.82) is 0 Å². The third-order valence-corrected chi connectivity index (χ3v) is 5.29. The van der Waals surface area contributed by atoms with Gasteiger partial charge in [0, 0.05) is 5.56 Å². The number of hydrogen-bond donors (Lipinski definition) is 0. The summed E-state index contributed by atoms with van der Waals surface area (Å²) in [5.74, 6) is 0.235. The van der Waals surface area contributed by atoms with Crippen molar-refractivity contribution in [3.8, 4) is 11.5 Å². The van der Waals surface area contributed by atoms with E-state index in [0.717, 1.165) is 16.1 Å². The van der Waals surface area contributed by atoms with E-state index in [2.05, 4.69) is 5.10 Å². The number of benzene rings is 3. The van der Waals surface area contributed by atoms with E-state index < -0.39 is 11.8 Å². The zero-order valence-electron chi connectivity index (χ0n) is 18.7. The maximum atomic E-state index is 12.9. The molecule has 0 bridgehead atoms. The molecule has 0 radical (unpaired) electrons. The minimum atomic E-state index is -0.458. The average molecular weight is 440 g/mol. The largest absolute Gasteiger partial charge is 0.493 e. The van der Waals surface area contributed by atoms with E-state index in [9.17, 15) is 9.59 Å². The van der Waals surface area contributed by atoms with Gasteiger partial charge in [-0.2, -0.15) is 10.1 Å². The number of rotatable bonds is 6. The Morgan fingerprint density at radius 3 is 2.39 bits per heavy atom. The Labute approximate surface area is 192 Å². The van der Waals surface area contributed by atoms with E-state index >= 15 is 0 Å². The van der Waals surface area contributed by atoms with E-state index in [-0.39, 0.29) is 0 Å². The molecule has 0 saturated carbocycles. The van der Waals surface area contributed by atoms with Crippen molar-refractivity contribution in [2.24, 2.45) is 5.10 Å². The number of amides is 2. The Kier molecular flexibility index (Phi) is 6.36. The summed E-state index contributed by atoms with van der Waals surface area (Å²) in [7, 11) is 1.57. The van der Waals surface area contributed by atoms with Crippen molar-refractivity contribution in [3.63, 3.8) is 0 Å². The lowest BCUT2D eigenvalue weighted by Crippen LogP contribution is -2.29. The molecule has 0 fully saturated rings. The minimum Gasteiger partial charge on any atom is -0.493 e. The third kappa shape index (κ3) is 4.85. The number of hydrazone groups is 1. The Balaban J connectivity index is 1.52. The van der Waals surface area contributed by atoms with Crippen LogP contribution in [0.15, 0.2) is 83.5 Å². The predicted octanol–water partition coefficient (Wildman–Crippen LogP) is 5.02. The lowest BCUT2D eigenvalue weighted by atomic mass is 10.1. The van der Waals surface area contributed by atoms with E-state index in [1.165, 1.54) is 5.56 Å². The van der Waals surface area contributed by atoms with Gasteiger partial charge in [0.1, 0.15) is 6.61 Å². The van der Waals surface area contributed by atoms with Crippen LogP contribution in [0.4, 0.5) is 0 Å². The molecule has 6 nitrogen and oxygen atoms in total. The SMILES string of the molecule is COc1cc(/C=C2/C(=O)N(C(=O)c3ccccc3)N=C2C)ccc1OCc1ccc(C)cc1. The van der Waals surface area contributed by atoms with Crippen molar-refractivity contribution in [3.05, 3.63) is 101 Å². The average Bonchev–Trinajstić information content (AvgIpc) is 3.12. The van der Waals surface area contributed by atoms with Crippen molar-refractivity contribution < 1.29 is 19.1 Å². The molecule has 166 valence electrons. The maximum absolute atomic E-state index is 12.9. The number of carbonyl (C=O) groups is 2. The van der Waals surface area contributed by atoms with Crippen LogP contribution in [0.25, 0.3) is 6.08 Å². The minimum absolute atomic E-state index is 0.356. The van der Waals surface area contributed by atoms with E-state index in [0.29, 0.717) is 35.0 Å². The third-order valence-electron chi connectivity index (χ3n) is 5.29. The Bertz CT molecular complexity index is 1240. The Hall–Kier alpha value is -4.19. The fourth-order valence-electron chi connectivity index (χ4n) is 3.43. The molecule has 1 aliphatic rings. The molecule has 0 aliphatic carbocycles. The first-order chi connectivity index (χ1) is 16.0. The fraction of sp³-hybridized carbons (Fsp3) is 0.148. The second-order valence-corrected chi connectivity index (χ2v) is 7.72. The van der Waals surface area contributed by atoms with Crippen LogP contribution < -0.4 is 9.47 Å². The molecular weight excluding hydrogens is 416 g/mol. The van der Waals surface area contributed by atoms with Crippen LogP contribution >= 0.6 is 0 Å². The molecule has 3 aromatic rings. The molecule has 0 aromatic heterocycles. The van der Waals surface area contributed by atoms with Crippen molar-refractivity contribution in [1.82, 2.24) is 5.01 Å². The summed E-state index contributed by atoms with van der Waals surface area (Å²) in [4.78, 5) is 25.6. The van der Waals surface area contributed by atoms with Crippen molar-refractivity contribution >= 4 is 23.6 Å². The summed E-state index contributed by atoms with van der Waals surface area (Å²) < 4.78 is 11.4. The number of carbonyl (C=O) groups excluding carboxylic acids is 2. The van der Waals surface area contributed by atoms with E-state index in [4.69, 9.17) is 9.47 Å². The Morgan fingerprint density at radius 2 is 1.70 bits per heavy atom. The highest BCUT2D eigenvalue weighted by Gasteiger charge is 2.32. The summed E-state index contributed by atoms with van der Waals surface area (Å²) in [5.41, 5.74) is 4.22. The molecule has 0 unspecified atom stereocenters. The zero-order valence-corrected chi connectivity index (χ0v) is 18.7. The summed E-state index contributed by atoms with van der Waals surface area (Å²) in [6, 6.07) is 22.2. The zero-order chi connectivity index (χ0) is 23.4. The van der Waals surface area contributed by atoms with Crippen LogP contribution in [-0.4, -0.2) is 29.6 Å². The smallest absolute Gasteiger partial charge is 0.283 e. The Morgan fingerprint density at radius 1 is 0.970 bits per heavy atom. The van der Waals surface area contributed by atoms with Gasteiger partial charge < -0.3 is 9.47 Å². The quantitative estimate of drug-likeness (QED) is 0.399. The van der Waals surface area contributed by atoms with Crippen LogP contribution in [0.3, 0.4) is 0 Å². The molecule has 2 amide bonds.